The molecule has 0 spiro atoms. The van der Waals surface area contributed by atoms with Gasteiger partial charge in [-0.05, 0) is 58.2 Å². The van der Waals surface area contributed by atoms with Crippen LogP contribution in [0, 0.1) is 11.3 Å². The number of aromatic amines is 1. The van der Waals surface area contributed by atoms with E-state index in [1.165, 1.54) is 0 Å². The van der Waals surface area contributed by atoms with Crippen LogP contribution in [-0.4, -0.2) is 75.3 Å². The molecule has 11 nitrogen and oxygen atoms in total. The SMILES string of the molecule is CC(C)(C)N(Cc1cc2c(cn1)OCCO2)C(=O)OC1CCN(CCc2cc3ccc(C#N)nc3[nH]c2=O)CC1. The van der Waals surface area contributed by atoms with Crippen molar-refractivity contribution in [1.82, 2.24) is 24.8 Å². The van der Waals surface area contributed by atoms with Gasteiger partial charge >= 0.3 is 6.09 Å². The number of carbonyl (C=O) groups is 1. The summed E-state index contributed by atoms with van der Waals surface area (Å²) < 4.78 is 17.2. The number of rotatable bonds is 6. The van der Waals surface area contributed by atoms with Crippen LogP contribution in [0.4, 0.5) is 4.79 Å². The summed E-state index contributed by atoms with van der Waals surface area (Å²) in [4.78, 5) is 41.2. The van der Waals surface area contributed by atoms with E-state index in [2.05, 4.69) is 19.9 Å². The summed E-state index contributed by atoms with van der Waals surface area (Å²) in [6, 6.07) is 9.09. The summed E-state index contributed by atoms with van der Waals surface area (Å²) >= 11 is 0. The van der Waals surface area contributed by atoms with Gasteiger partial charge in [-0.15, -0.1) is 0 Å². The molecule has 5 rings (SSSR count). The molecule has 0 saturated carbocycles. The van der Waals surface area contributed by atoms with Crippen LogP contribution in [0.25, 0.3) is 11.0 Å². The number of ether oxygens (including phenoxy) is 3. The lowest BCUT2D eigenvalue weighted by atomic mass is 10.1. The van der Waals surface area contributed by atoms with E-state index < -0.39 is 5.54 Å². The first-order chi connectivity index (χ1) is 19.2. The highest BCUT2D eigenvalue weighted by atomic mass is 16.6. The van der Waals surface area contributed by atoms with E-state index in [1.54, 1.807) is 23.2 Å². The number of nitrogens with zero attached hydrogens (tertiary/aromatic N) is 5. The van der Waals surface area contributed by atoms with Crippen LogP contribution >= 0.6 is 0 Å². The maximum Gasteiger partial charge on any atom is 0.410 e. The van der Waals surface area contributed by atoms with E-state index in [0.717, 1.165) is 37.9 Å². The van der Waals surface area contributed by atoms with Gasteiger partial charge in [-0.1, -0.05) is 0 Å². The average Bonchev–Trinajstić information content (AvgIpc) is 2.94. The number of fused-ring (bicyclic) bond motifs is 2. The standard InChI is InChI=1S/C29H34N6O5/c1-29(2,3)35(18-22-15-24-25(17-31-22)39-13-12-38-24)28(37)40-23-7-10-34(11-8-23)9-6-20-14-19-4-5-21(16-30)32-26(19)33-27(20)36/h4-5,14-15,17,23H,6-13,18H2,1-3H3,(H,32,33,36). The van der Waals surface area contributed by atoms with Crippen LogP contribution in [0.1, 0.15) is 50.6 Å². The highest BCUT2D eigenvalue weighted by Crippen LogP contribution is 2.30. The third-order valence-electron chi connectivity index (χ3n) is 7.23. The van der Waals surface area contributed by atoms with Crippen molar-refractivity contribution in [3.63, 3.8) is 0 Å². The Morgan fingerprint density at radius 1 is 1.20 bits per heavy atom. The third-order valence-corrected chi connectivity index (χ3v) is 7.23. The highest BCUT2D eigenvalue weighted by Gasteiger charge is 2.32. The Kier molecular flexibility index (Phi) is 7.89. The number of likely N-dealkylation sites (tertiary alicyclic amines) is 1. The Balaban J connectivity index is 1.14. The Morgan fingerprint density at radius 3 is 2.67 bits per heavy atom. The summed E-state index contributed by atoms with van der Waals surface area (Å²) in [5.41, 5.74) is 1.42. The fourth-order valence-corrected chi connectivity index (χ4v) is 4.92. The second-order valence-corrected chi connectivity index (χ2v) is 11.1. The van der Waals surface area contributed by atoms with Crippen LogP contribution in [0.2, 0.25) is 0 Å². The molecule has 0 aromatic carbocycles. The van der Waals surface area contributed by atoms with Crippen molar-refractivity contribution < 1.29 is 19.0 Å². The summed E-state index contributed by atoms with van der Waals surface area (Å²) in [6.07, 6.45) is 3.14. The fraction of sp³-hybridized carbons (Fsp3) is 0.483. The van der Waals surface area contributed by atoms with Crippen molar-refractivity contribution in [2.75, 3.05) is 32.8 Å². The van der Waals surface area contributed by atoms with Gasteiger partial charge in [-0.25, -0.2) is 9.78 Å². The molecule has 1 amide bonds. The number of hydrogen-bond donors (Lipinski definition) is 1. The molecule has 5 heterocycles. The van der Waals surface area contributed by atoms with Gasteiger partial charge in [0.2, 0.25) is 0 Å². The Hall–Kier alpha value is -4.17. The molecular weight excluding hydrogens is 512 g/mol. The second kappa shape index (κ2) is 11.5. The number of pyridine rings is 3. The molecule has 2 aliphatic heterocycles. The molecule has 0 aliphatic carbocycles. The van der Waals surface area contributed by atoms with Crippen molar-refractivity contribution in [2.45, 2.75) is 58.2 Å². The predicted molar refractivity (Wildman–Crippen MR) is 147 cm³/mol. The van der Waals surface area contributed by atoms with Crippen molar-refractivity contribution in [2.24, 2.45) is 0 Å². The number of piperidine rings is 1. The van der Waals surface area contributed by atoms with Crippen LogP contribution in [0.15, 0.2) is 35.3 Å². The molecule has 40 heavy (non-hydrogen) atoms. The van der Waals surface area contributed by atoms with Crippen LogP contribution in [-0.2, 0) is 17.7 Å². The van der Waals surface area contributed by atoms with Crippen molar-refractivity contribution in [3.8, 4) is 17.6 Å². The van der Waals surface area contributed by atoms with E-state index in [0.29, 0.717) is 54.6 Å². The zero-order chi connectivity index (χ0) is 28.3. The van der Waals surface area contributed by atoms with Crippen LogP contribution in [0.3, 0.4) is 0 Å². The van der Waals surface area contributed by atoms with Crippen LogP contribution < -0.4 is 15.0 Å². The van der Waals surface area contributed by atoms with Gasteiger partial charge in [0, 0.05) is 42.2 Å². The topological polar surface area (TPSA) is 134 Å². The number of nitrogens with one attached hydrogen (secondary N) is 1. The lowest BCUT2D eigenvalue weighted by Crippen LogP contribution is -2.48. The lowest BCUT2D eigenvalue weighted by molar-refractivity contribution is 0.00920. The smallest absolute Gasteiger partial charge is 0.410 e. The molecule has 11 heteroatoms. The minimum absolute atomic E-state index is 0.175. The predicted octanol–water partition coefficient (Wildman–Crippen LogP) is 3.41. The third kappa shape index (κ3) is 6.34. The lowest BCUT2D eigenvalue weighted by Gasteiger charge is -2.37. The maximum atomic E-state index is 13.3. The first-order valence-electron chi connectivity index (χ1n) is 13.6. The molecule has 210 valence electrons. The van der Waals surface area contributed by atoms with Crippen molar-refractivity contribution in [3.05, 3.63) is 57.8 Å². The van der Waals surface area contributed by atoms with Gasteiger partial charge in [0.1, 0.15) is 36.7 Å². The minimum atomic E-state index is -0.467. The molecular formula is C29H34N6O5. The minimum Gasteiger partial charge on any atom is -0.486 e. The molecule has 0 bridgehead atoms. The highest BCUT2D eigenvalue weighted by molar-refractivity contribution is 5.75. The largest absolute Gasteiger partial charge is 0.486 e. The summed E-state index contributed by atoms with van der Waals surface area (Å²) in [7, 11) is 0. The van der Waals surface area contributed by atoms with E-state index in [9.17, 15) is 9.59 Å². The average molecular weight is 547 g/mol. The molecule has 1 N–H and O–H groups in total. The molecule has 3 aromatic rings. The zero-order valence-electron chi connectivity index (χ0n) is 23.1. The second-order valence-electron chi connectivity index (χ2n) is 11.1. The number of nitriles is 1. The summed E-state index contributed by atoms with van der Waals surface area (Å²) in [5, 5.41) is 9.82. The fourth-order valence-electron chi connectivity index (χ4n) is 4.92. The first kappa shape index (κ1) is 27.4. The van der Waals surface area contributed by atoms with E-state index in [1.807, 2.05) is 39.0 Å². The Labute approximate surface area is 232 Å². The zero-order valence-corrected chi connectivity index (χ0v) is 23.1. The van der Waals surface area contributed by atoms with Crippen molar-refractivity contribution in [1.29, 1.82) is 5.26 Å². The quantitative estimate of drug-likeness (QED) is 0.494. The summed E-state index contributed by atoms with van der Waals surface area (Å²) in [6.45, 7) is 9.48. The number of carbonyl (C=O) groups excluding carboxylic acids is 1. The Morgan fingerprint density at radius 2 is 1.95 bits per heavy atom. The Bertz CT molecular complexity index is 1480. The van der Waals surface area contributed by atoms with Gasteiger partial charge in [0.15, 0.2) is 11.5 Å². The molecule has 0 unspecified atom stereocenters. The first-order valence-corrected chi connectivity index (χ1v) is 13.6. The number of aromatic nitrogens is 3. The van der Waals surface area contributed by atoms with Gasteiger partial charge in [-0.2, -0.15) is 5.26 Å². The molecule has 1 fully saturated rings. The molecule has 0 radical (unpaired) electrons. The van der Waals surface area contributed by atoms with Gasteiger partial charge in [0.25, 0.3) is 5.56 Å². The van der Waals surface area contributed by atoms with Gasteiger partial charge in [0.05, 0.1) is 18.4 Å². The van der Waals surface area contributed by atoms with E-state index in [4.69, 9.17) is 19.5 Å². The summed E-state index contributed by atoms with van der Waals surface area (Å²) in [5.74, 6) is 1.25. The van der Waals surface area contributed by atoms with E-state index >= 15 is 0 Å². The maximum absolute atomic E-state index is 13.3. The molecule has 3 aromatic heterocycles. The van der Waals surface area contributed by atoms with Gasteiger partial charge < -0.3 is 24.1 Å². The van der Waals surface area contributed by atoms with E-state index in [-0.39, 0.29) is 23.5 Å². The van der Waals surface area contributed by atoms with Crippen LogP contribution in [0.5, 0.6) is 11.5 Å². The monoisotopic (exact) mass is 546 g/mol. The molecule has 1 saturated heterocycles. The number of amides is 1. The molecule has 0 atom stereocenters. The molecule has 2 aliphatic rings. The van der Waals surface area contributed by atoms with Crippen molar-refractivity contribution >= 4 is 17.1 Å². The normalized spacial score (nSPS) is 15.9. The van der Waals surface area contributed by atoms with Gasteiger partial charge in [-0.3, -0.25) is 14.7 Å². The number of H-pyrrole nitrogens is 1. The number of hydrogen-bond acceptors (Lipinski definition) is 9.